The first-order valence-electron chi connectivity index (χ1n) is 6.73. The molecule has 104 valence electrons. The highest BCUT2D eigenvalue weighted by atomic mass is 32.1. The summed E-state index contributed by atoms with van der Waals surface area (Å²) in [6.07, 6.45) is 4.42. The molecule has 1 aliphatic carbocycles. The summed E-state index contributed by atoms with van der Waals surface area (Å²) < 4.78 is 0. The van der Waals surface area contributed by atoms with Gasteiger partial charge in [-0.25, -0.2) is 4.98 Å². The zero-order chi connectivity index (χ0) is 14.1. The third kappa shape index (κ3) is 2.54. The number of fused-ring (bicyclic) bond motifs is 1. The Morgan fingerprint density at radius 2 is 2.15 bits per heavy atom. The Labute approximate surface area is 121 Å². The van der Waals surface area contributed by atoms with Gasteiger partial charge in [0.15, 0.2) is 5.13 Å². The lowest BCUT2D eigenvalue weighted by Gasteiger charge is -2.06. The molecule has 0 bridgehead atoms. The van der Waals surface area contributed by atoms with E-state index < -0.39 is 0 Å². The molecule has 0 saturated heterocycles. The van der Waals surface area contributed by atoms with E-state index in [0.29, 0.717) is 5.13 Å². The summed E-state index contributed by atoms with van der Waals surface area (Å²) in [6.45, 7) is 1.89. The summed E-state index contributed by atoms with van der Waals surface area (Å²) in [7, 11) is 0. The van der Waals surface area contributed by atoms with E-state index in [4.69, 9.17) is 0 Å². The van der Waals surface area contributed by atoms with Crippen molar-refractivity contribution < 1.29 is 9.90 Å². The molecule has 0 fully saturated rings. The molecule has 1 aromatic heterocycles. The third-order valence-corrected chi connectivity index (χ3v) is 4.54. The van der Waals surface area contributed by atoms with Crippen molar-refractivity contribution in [2.45, 2.75) is 32.6 Å². The Balaban J connectivity index is 1.82. The fourth-order valence-corrected chi connectivity index (χ4v) is 3.45. The maximum absolute atomic E-state index is 12.2. The van der Waals surface area contributed by atoms with Crippen LogP contribution in [0.4, 0.5) is 5.13 Å². The van der Waals surface area contributed by atoms with Gasteiger partial charge in [0, 0.05) is 4.88 Å². The highest BCUT2D eigenvalue weighted by Crippen LogP contribution is 2.30. The van der Waals surface area contributed by atoms with Crippen LogP contribution in [0, 0.1) is 6.92 Å². The van der Waals surface area contributed by atoms with Crippen LogP contribution in [0.2, 0.25) is 0 Å². The molecular weight excluding hydrogens is 272 g/mol. The van der Waals surface area contributed by atoms with Crippen molar-refractivity contribution in [3.8, 4) is 5.75 Å². The minimum absolute atomic E-state index is 0.00517. The molecule has 0 atom stereocenters. The molecule has 2 aromatic rings. The van der Waals surface area contributed by atoms with Gasteiger partial charge in [-0.05, 0) is 44.7 Å². The number of hydrogen-bond donors (Lipinski definition) is 2. The number of nitrogens with zero attached hydrogens (tertiary/aromatic N) is 1. The molecule has 0 radical (unpaired) electrons. The number of nitrogens with one attached hydrogen (secondary N) is 1. The van der Waals surface area contributed by atoms with E-state index in [1.54, 1.807) is 23.5 Å². The van der Waals surface area contributed by atoms with Gasteiger partial charge in [0.25, 0.3) is 5.91 Å². The third-order valence-electron chi connectivity index (χ3n) is 3.46. The Hall–Kier alpha value is -1.88. The van der Waals surface area contributed by atoms with Crippen LogP contribution in [-0.4, -0.2) is 16.0 Å². The SMILES string of the molecule is Cc1ccc(O)c(C(=O)Nc2nc3c(s2)CCCC3)c1. The summed E-state index contributed by atoms with van der Waals surface area (Å²) in [5.74, 6) is -0.313. The van der Waals surface area contributed by atoms with Crippen molar-refractivity contribution in [3.63, 3.8) is 0 Å². The number of hydrogen-bond acceptors (Lipinski definition) is 4. The summed E-state index contributed by atoms with van der Waals surface area (Å²) in [5.41, 5.74) is 2.34. The van der Waals surface area contributed by atoms with Crippen LogP contribution in [-0.2, 0) is 12.8 Å². The Bertz CT molecular complexity index is 640. The van der Waals surface area contributed by atoms with Gasteiger partial charge in [-0.2, -0.15) is 0 Å². The molecule has 1 heterocycles. The lowest BCUT2D eigenvalue weighted by molar-refractivity contribution is 0.102. The van der Waals surface area contributed by atoms with Gasteiger partial charge in [0.2, 0.25) is 0 Å². The van der Waals surface area contributed by atoms with Crippen LogP contribution in [0.3, 0.4) is 0 Å². The largest absolute Gasteiger partial charge is 0.507 e. The van der Waals surface area contributed by atoms with E-state index in [1.807, 2.05) is 6.92 Å². The van der Waals surface area contributed by atoms with E-state index in [2.05, 4.69) is 10.3 Å². The second kappa shape index (κ2) is 5.25. The number of aromatic nitrogens is 1. The zero-order valence-corrected chi connectivity index (χ0v) is 12.1. The van der Waals surface area contributed by atoms with Crippen LogP contribution in [0.1, 0.15) is 39.3 Å². The average molecular weight is 288 g/mol. The molecule has 1 amide bonds. The first-order chi connectivity index (χ1) is 9.63. The van der Waals surface area contributed by atoms with Crippen LogP contribution in [0.15, 0.2) is 18.2 Å². The number of anilines is 1. The predicted molar refractivity (Wildman–Crippen MR) is 79.6 cm³/mol. The molecule has 1 aliphatic rings. The van der Waals surface area contributed by atoms with E-state index in [-0.39, 0.29) is 17.2 Å². The number of carbonyl (C=O) groups is 1. The summed E-state index contributed by atoms with van der Waals surface area (Å²) in [4.78, 5) is 17.9. The van der Waals surface area contributed by atoms with E-state index in [9.17, 15) is 9.90 Å². The number of phenolic OH excluding ortho intramolecular Hbond substituents is 1. The first kappa shape index (κ1) is 13.1. The predicted octanol–water partition coefficient (Wildman–Crippen LogP) is 3.29. The molecule has 0 spiro atoms. The molecule has 5 heteroatoms. The zero-order valence-electron chi connectivity index (χ0n) is 11.3. The first-order valence-corrected chi connectivity index (χ1v) is 7.54. The molecule has 0 saturated carbocycles. The van der Waals surface area contributed by atoms with Crippen molar-refractivity contribution >= 4 is 22.4 Å². The average Bonchev–Trinajstić information content (AvgIpc) is 2.83. The highest BCUT2D eigenvalue weighted by Gasteiger charge is 2.18. The van der Waals surface area contributed by atoms with Crippen molar-refractivity contribution in [1.82, 2.24) is 4.98 Å². The summed E-state index contributed by atoms with van der Waals surface area (Å²) >= 11 is 1.54. The van der Waals surface area contributed by atoms with Crippen molar-refractivity contribution in [3.05, 3.63) is 39.9 Å². The Morgan fingerprint density at radius 3 is 2.95 bits per heavy atom. The Kier molecular flexibility index (Phi) is 3.44. The maximum atomic E-state index is 12.2. The van der Waals surface area contributed by atoms with Gasteiger partial charge < -0.3 is 5.11 Å². The van der Waals surface area contributed by atoms with Gasteiger partial charge in [-0.15, -0.1) is 11.3 Å². The lowest BCUT2D eigenvalue weighted by atomic mass is 10.0. The number of aromatic hydroxyl groups is 1. The van der Waals surface area contributed by atoms with Crippen LogP contribution < -0.4 is 5.32 Å². The van der Waals surface area contributed by atoms with Crippen LogP contribution in [0.5, 0.6) is 5.75 Å². The van der Waals surface area contributed by atoms with Crippen molar-refractivity contribution in [2.24, 2.45) is 0 Å². The number of aryl methyl sites for hydroxylation is 3. The number of phenols is 1. The fraction of sp³-hybridized carbons (Fsp3) is 0.333. The summed E-state index contributed by atoms with van der Waals surface area (Å²) in [6, 6.07) is 4.99. The summed E-state index contributed by atoms with van der Waals surface area (Å²) in [5, 5.41) is 13.2. The van der Waals surface area contributed by atoms with Gasteiger partial charge in [-0.3, -0.25) is 10.1 Å². The molecular formula is C15H16N2O2S. The van der Waals surface area contributed by atoms with Gasteiger partial charge in [-0.1, -0.05) is 11.6 Å². The topological polar surface area (TPSA) is 62.2 Å². The number of benzene rings is 1. The highest BCUT2D eigenvalue weighted by molar-refractivity contribution is 7.15. The molecule has 1 aromatic carbocycles. The standard InChI is InChI=1S/C15H16N2O2S/c1-9-6-7-12(18)10(8-9)14(19)17-15-16-11-4-2-3-5-13(11)20-15/h6-8,18H,2-5H2,1H3,(H,16,17,19). The van der Waals surface area contributed by atoms with E-state index in [0.717, 1.165) is 24.1 Å². The van der Waals surface area contributed by atoms with Gasteiger partial charge in [0.1, 0.15) is 5.75 Å². The Morgan fingerprint density at radius 1 is 1.35 bits per heavy atom. The molecule has 20 heavy (non-hydrogen) atoms. The number of amides is 1. The van der Waals surface area contributed by atoms with Crippen molar-refractivity contribution in [2.75, 3.05) is 5.32 Å². The molecule has 4 nitrogen and oxygen atoms in total. The molecule has 2 N–H and O–H groups in total. The van der Waals surface area contributed by atoms with Gasteiger partial charge >= 0.3 is 0 Å². The second-order valence-electron chi connectivity index (χ2n) is 5.07. The van der Waals surface area contributed by atoms with Crippen LogP contribution in [0.25, 0.3) is 0 Å². The minimum Gasteiger partial charge on any atom is -0.507 e. The minimum atomic E-state index is -0.308. The smallest absolute Gasteiger partial charge is 0.261 e. The van der Waals surface area contributed by atoms with E-state index >= 15 is 0 Å². The fourth-order valence-electron chi connectivity index (χ4n) is 2.40. The number of thiazole rings is 1. The number of rotatable bonds is 2. The monoisotopic (exact) mass is 288 g/mol. The van der Waals surface area contributed by atoms with Crippen molar-refractivity contribution in [1.29, 1.82) is 0 Å². The second-order valence-corrected chi connectivity index (χ2v) is 6.15. The van der Waals surface area contributed by atoms with E-state index in [1.165, 1.54) is 23.8 Å². The molecule has 0 unspecified atom stereocenters. The van der Waals surface area contributed by atoms with Gasteiger partial charge in [0.05, 0.1) is 11.3 Å². The van der Waals surface area contributed by atoms with Crippen LogP contribution >= 0.6 is 11.3 Å². The number of carbonyl (C=O) groups excluding carboxylic acids is 1. The lowest BCUT2D eigenvalue weighted by Crippen LogP contribution is -2.12. The molecule has 0 aliphatic heterocycles. The quantitative estimate of drug-likeness (QED) is 0.891. The normalized spacial score (nSPS) is 13.8. The maximum Gasteiger partial charge on any atom is 0.261 e. The molecule has 3 rings (SSSR count).